The van der Waals surface area contributed by atoms with Crippen LogP contribution in [0.25, 0.3) is 0 Å². The summed E-state index contributed by atoms with van der Waals surface area (Å²) < 4.78 is 0.532. The van der Waals surface area contributed by atoms with Crippen molar-refractivity contribution < 1.29 is 14.4 Å². The van der Waals surface area contributed by atoms with Crippen LogP contribution in [0, 0.1) is 0 Å². The molecular weight excluding hydrogens is 238 g/mol. The van der Waals surface area contributed by atoms with E-state index in [9.17, 15) is 9.90 Å². The van der Waals surface area contributed by atoms with Gasteiger partial charge in [0.05, 0.1) is 26.6 Å². The van der Waals surface area contributed by atoms with E-state index < -0.39 is 5.97 Å². The molecule has 0 aromatic rings. The fourth-order valence-electron chi connectivity index (χ4n) is 2.22. The van der Waals surface area contributed by atoms with E-state index in [4.69, 9.17) is 0 Å². The van der Waals surface area contributed by atoms with Crippen molar-refractivity contribution in [2.45, 2.75) is 58.3 Å². The lowest BCUT2D eigenvalue weighted by Gasteiger charge is -2.30. The van der Waals surface area contributed by atoms with Gasteiger partial charge < -0.3 is 14.4 Å². The summed E-state index contributed by atoms with van der Waals surface area (Å²) in [6.07, 6.45) is 14.3. The second kappa shape index (κ2) is 11.0. The maximum Gasteiger partial charge on any atom is 0.119 e. The number of nitrogens with zero attached hydrogens (tertiary/aromatic N) is 1. The molecule has 0 rings (SSSR count). The fraction of sp³-hybridized carbons (Fsp3) is 0.812. The summed E-state index contributed by atoms with van der Waals surface area (Å²) in [7, 11) is 3.91. The van der Waals surface area contributed by atoms with Crippen molar-refractivity contribution in [2.75, 3.05) is 27.2 Å². The van der Waals surface area contributed by atoms with E-state index in [2.05, 4.69) is 19.1 Å². The Balaban J connectivity index is 3.35. The molecule has 0 aliphatic carbocycles. The second-order valence-electron chi connectivity index (χ2n) is 5.98. The van der Waals surface area contributed by atoms with Gasteiger partial charge in [0.2, 0.25) is 0 Å². The first-order chi connectivity index (χ1) is 8.98. The van der Waals surface area contributed by atoms with E-state index in [0.29, 0.717) is 4.48 Å². The number of carboxylic acid groups (broad SMARTS) is 1. The number of hydrogen-bond acceptors (Lipinski definition) is 2. The van der Waals surface area contributed by atoms with Gasteiger partial charge >= 0.3 is 0 Å². The SMILES string of the molecule is CC/C=C/CCCCCCCC[N+](C)(C)CC(=O)[O-]. The summed E-state index contributed by atoms with van der Waals surface area (Å²) in [5.74, 6) is -0.954. The number of hydrogen-bond donors (Lipinski definition) is 0. The van der Waals surface area contributed by atoms with Crippen molar-refractivity contribution in [1.29, 1.82) is 0 Å². The molecule has 19 heavy (non-hydrogen) atoms. The molecule has 0 unspecified atom stereocenters. The van der Waals surface area contributed by atoms with E-state index >= 15 is 0 Å². The maximum absolute atomic E-state index is 10.6. The van der Waals surface area contributed by atoms with Gasteiger partial charge in [-0.1, -0.05) is 38.3 Å². The number of carbonyl (C=O) groups excluding carboxylic acids is 1. The lowest BCUT2D eigenvalue weighted by molar-refractivity contribution is -0.885. The van der Waals surface area contributed by atoms with E-state index in [1.54, 1.807) is 0 Å². The molecule has 3 nitrogen and oxygen atoms in total. The normalized spacial score (nSPS) is 12.2. The molecule has 0 aliphatic heterocycles. The minimum atomic E-state index is -0.954. The zero-order valence-corrected chi connectivity index (χ0v) is 13.0. The quantitative estimate of drug-likeness (QED) is 0.310. The molecule has 0 heterocycles. The average molecular weight is 269 g/mol. The predicted molar refractivity (Wildman–Crippen MR) is 78.6 cm³/mol. The maximum atomic E-state index is 10.6. The smallest absolute Gasteiger partial charge is 0.119 e. The van der Waals surface area contributed by atoms with Crippen LogP contribution >= 0.6 is 0 Å². The summed E-state index contributed by atoms with van der Waals surface area (Å²) in [5.41, 5.74) is 0. The molecule has 0 saturated carbocycles. The Morgan fingerprint density at radius 1 is 1.00 bits per heavy atom. The van der Waals surface area contributed by atoms with Crippen LogP contribution in [0.1, 0.15) is 58.3 Å². The van der Waals surface area contributed by atoms with Crippen LogP contribution in [0.5, 0.6) is 0 Å². The molecule has 0 radical (unpaired) electrons. The highest BCUT2D eigenvalue weighted by molar-refractivity contribution is 5.65. The van der Waals surface area contributed by atoms with Crippen LogP contribution in [0.3, 0.4) is 0 Å². The van der Waals surface area contributed by atoms with Crippen molar-refractivity contribution in [3.63, 3.8) is 0 Å². The molecule has 0 aromatic carbocycles. The zero-order valence-electron chi connectivity index (χ0n) is 13.0. The highest BCUT2D eigenvalue weighted by atomic mass is 16.4. The molecule has 0 aromatic heterocycles. The summed E-state index contributed by atoms with van der Waals surface area (Å²) in [6.45, 7) is 3.20. The van der Waals surface area contributed by atoms with Crippen LogP contribution in [-0.2, 0) is 4.79 Å². The van der Waals surface area contributed by atoms with Gasteiger partial charge in [0, 0.05) is 0 Å². The van der Waals surface area contributed by atoms with Crippen LogP contribution in [0.2, 0.25) is 0 Å². The number of rotatable bonds is 12. The van der Waals surface area contributed by atoms with Crippen molar-refractivity contribution in [2.24, 2.45) is 0 Å². The first kappa shape index (κ1) is 18.2. The van der Waals surface area contributed by atoms with E-state index in [1.807, 2.05) is 14.1 Å². The Hall–Kier alpha value is -0.830. The van der Waals surface area contributed by atoms with Gasteiger partial charge in [0.25, 0.3) is 0 Å². The number of carboxylic acids is 1. The van der Waals surface area contributed by atoms with E-state index in [-0.39, 0.29) is 6.54 Å². The molecular formula is C16H31NO2. The number of carbonyl (C=O) groups is 1. The molecule has 3 heteroatoms. The first-order valence-corrected chi connectivity index (χ1v) is 7.65. The van der Waals surface area contributed by atoms with Crippen LogP contribution in [0.15, 0.2) is 12.2 Å². The molecule has 0 aliphatic rings. The third-order valence-electron chi connectivity index (χ3n) is 3.34. The van der Waals surface area contributed by atoms with Gasteiger partial charge in [-0.15, -0.1) is 0 Å². The number of unbranched alkanes of at least 4 members (excludes halogenated alkanes) is 6. The van der Waals surface area contributed by atoms with Gasteiger partial charge in [-0.2, -0.15) is 0 Å². The molecule has 0 spiro atoms. The molecule has 0 amide bonds. The Kier molecular flexibility index (Phi) is 10.6. The zero-order chi connectivity index (χ0) is 14.6. The van der Waals surface area contributed by atoms with Gasteiger partial charge in [-0.3, -0.25) is 0 Å². The summed E-state index contributed by atoms with van der Waals surface area (Å²) >= 11 is 0. The molecule has 0 bridgehead atoms. The van der Waals surface area contributed by atoms with Crippen molar-refractivity contribution >= 4 is 5.97 Å². The Bertz CT molecular complexity index is 259. The number of allylic oxidation sites excluding steroid dienone is 2. The standard InChI is InChI=1S/C16H31NO2/c1-4-5-6-7-8-9-10-11-12-13-14-17(2,3)15-16(18)19/h5-6H,4,7-15H2,1-3H3/b6-5+. The lowest BCUT2D eigenvalue weighted by Crippen LogP contribution is -2.48. The number of quaternary nitrogens is 1. The molecule has 0 atom stereocenters. The van der Waals surface area contributed by atoms with Gasteiger partial charge in [0.15, 0.2) is 0 Å². The predicted octanol–water partition coefficient (Wildman–Crippen LogP) is 2.51. The van der Waals surface area contributed by atoms with Gasteiger partial charge in [-0.05, 0) is 32.1 Å². The number of aliphatic carboxylic acids is 1. The molecule has 0 fully saturated rings. The van der Waals surface area contributed by atoms with E-state index in [1.165, 1.54) is 38.5 Å². The van der Waals surface area contributed by atoms with Gasteiger partial charge in [0.1, 0.15) is 6.54 Å². The van der Waals surface area contributed by atoms with Gasteiger partial charge in [-0.25, -0.2) is 0 Å². The highest BCUT2D eigenvalue weighted by Gasteiger charge is 2.13. The Morgan fingerprint density at radius 3 is 2.16 bits per heavy atom. The lowest BCUT2D eigenvalue weighted by atomic mass is 10.1. The van der Waals surface area contributed by atoms with E-state index in [0.717, 1.165) is 19.4 Å². The Labute approximate surface area is 118 Å². The topological polar surface area (TPSA) is 40.1 Å². The van der Waals surface area contributed by atoms with Crippen LogP contribution in [-0.4, -0.2) is 37.6 Å². The largest absolute Gasteiger partial charge is 0.544 e. The molecule has 112 valence electrons. The minimum Gasteiger partial charge on any atom is -0.544 e. The average Bonchev–Trinajstić information content (AvgIpc) is 2.30. The third-order valence-corrected chi connectivity index (χ3v) is 3.34. The second-order valence-corrected chi connectivity index (χ2v) is 5.98. The molecule has 0 N–H and O–H groups in total. The molecule has 0 saturated heterocycles. The monoisotopic (exact) mass is 269 g/mol. The third kappa shape index (κ3) is 13.4. The fourth-order valence-corrected chi connectivity index (χ4v) is 2.22. The van der Waals surface area contributed by atoms with Crippen molar-refractivity contribution in [1.82, 2.24) is 0 Å². The highest BCUT2D eigenvalue weighted by Crippen LogP contribution is 2.09. The van der Waals surface area contributed by atoms with Crippen molar-refractivity contribution in [3.8, 4) is 0 Å². The minimum absolute atomic E-state index is 0.115. The van der Waals surface area contributed by atoms with Crippen LogP contribution < -0.4 is 5.11 Å². The van der Waals surface area contributed by atoms with Crippen LogP contribution in [0.4, 0.5) is 0 Å². The Morgan fingerprint density at radius 2 is 1.58 bits per heavy atom. The number of likely N-dealkylation sites (N-methyl/N-ethyl adjacent to an activating group) is 1. The first-order valence-electron chi connectivity index (χ1n) is 7.65. The summed E-state index contributed by atoms with van der Waals surface area (Å²) in [5, 5.41) is 10.6. The van der Waals surface area contributed by atoms with Crippen molar-refractivity contribution in [3.05, 3.63) is 12.2 Å². The summed E-state index contributed by atoms with van der Waals surface area (Å²) in [4.78, 5) is 10.6. The summed E-state index contributed by atoms with van der Waals surface area (Å²) in [6, 6.07) is 0.